The second-order valence-corrected chi connectivity index (χ2v) is 8.17. The topological polar surface area (TPSA) is 59.1 Å². The van der Waals surface area contributed by atoms with Gasteiger partial charge in [0, 0.05) is 44.1 Å². The predicted molar refractivity (Wildman–Crippen MR) is 107 cm³/mol. The minimum Gasteiger partial charge on any atom is -0.454 e. The Kier molecular flexibility index (Phi) is 4.23. The Morgan fingerprint density at radius 3 is 2.52 bits per heavy atom. The maximum atomic E-state index is 13.1. The van der Waals surface area contributed by atoms with Gasteiger partial charge in [0.05, 0.1) is 0 Å². The van der Waals surface area contributed by atoms with E-state index in [0.717, 1.165) is 19.4 Å². The van der Waals surface area contributed by atoms with Gasteiger partial charge in [-0.05, 0) is 42.2 Å². The second-order valence-electron chi connectivity index (χ2n) is 8.17. The van der Waals surface area contributed by atoms with Crippen LogP contribution in [0.15, 0.2) is 42.5 Å². The summed E-state index contributed by atoms with van der Waals surface area (Å²) in [6, 6.07) is 13.8. The number of likely N-dealkylation sites (tertiary alicyclic amines) is 1. The molecule has 1 fully saturated rings. The molecule has 29 heavy (non-hydrogen) atoms. The summed E-state index contributed by atoms with van der Waals surface area (Å²) >= 11 is 0. The van der Waals surface area contributed by atoms with Crippen molar-refractivity contribution in [1.82, 2.24) is 9.80 Å². The van der Waals surface area contributed by atoms with Crippen molar-refractivity contribution in [2.75, 3.05) is 26.4 Å². The molecule has 1 spiro atoms. The van der Waals surface area contributed by atoms with E-state index in [4.69, 9.17) is 9.47 Å². The largest absolute Gasteiger partial charge is 0.454 e. The van der Waals surface area contributed by atoms with E-state index in [1.165, 1.54) is 11.1 Å². The molecule has 1 saturated heterocycles. The number of rotatable bonds is 1. The zero-order valence-electron chi connectivity index (χ0n) is 16.5. The Bertz CT molecular complexity index is 979. The van der Waals surface area contributed by atoms with Gasteiger partial charge >= 0.3 is 0 Å². The van der Waals surface area contributed by atoms with Crippen LogP contribution in [0.25, 0.3) is 0 Å². The standard InChI is InChI=1S/C23H24N2O4/c1-16(26)25-13-18-4-2-3-5-19(18)23(14-25)8-10-24(11-9-23)22(27)17-6-7-20-21(12-17)29-15-28-20/h2-7,12H,8-11,13-15H2,1H3. The molecule has 6 nitrogen and oxygen atoms in total. The number of amides is 2. The lowest BCUT2D eigenvalue weighted by molar-refractivity contribution is -0.131. The van der Waals surface area contributed by atoms with Gasteiger partial charge in [-0.25, -0.2) is 0 Å². The molecule has 5 rings (SSSR count). The van der Waals surface area contributed by atoms with Crippen LogP contribution >= 0.6 is 0 Å². The van der Waals surface area contributed by atoms with Crippen LogP contribution in [0.2, 0.25) is 0 Å². The summed E-state index contributed by atoms with van der Waals surface area (Å²) in [4.78, 5) is 29.0. The first kappa shape index (κ1) is 18.0. The van der Waals surface area contributed by atoms with E-state index in [2.05, 4.69) is 18.2 Å². The Labute approximate surface area is 170 Å². The highest BCUT2D eigenvalue weighted by atomic mass is 16.7. The second kappa shape index (κ2) is 6.79. The van der Waals surface area contributed by atoms with E-state index in [0.29, 0.717) is 36.7 Å². The highest BCUT2D eigenvalue weighted by molar-refractivity contribution is 5.95. The molecule has 2 aromatic rings. The zero-order valence-corrected chi connectivity index (χ0v) is 16.5. The SMILES string of the molecule is CC(=O)N1Cc2ccccc2C2(CCN(C(=O)c3ccc4c(c3)OCO4)CC2)C1. The molecule has 0 unspecified atom stereocenters. The number of benzene rings is 2. The van der Waals surface area contributed by atoms with Crippen LogP contribution in [-0.2, 0) is 16.8 Å². The fourth-order valence-corrected chi connectivity index (χ4v) is 4.89. The highest BCUT2D eigenvalue weighted by Crippen LogP contribution is 2.42. The third kappa shape index (κ3) is 3.03. The Balaban J connectivity index is 1.37. The fraction of sp³-hybridized carbons (Fsp3) is 0.391. The first-order chi connectivity index (χ1) is 14.1. The number of ether oxygens (including phenoxy) is 2. The van der Waals surface area contributed by atoms with Crippen molar-refractivity contribution < 1.29 is 19.1 Å². The lowest BCUT2D eigenvalue weighted by atomic mass is 9.68. The van der Waals surface area contributed by atoms with Gasteiger partial charge in [-0.15, -0.1) is 0 Å². The third-order valence-corrected chi connectivity index (χ3v) is 6.52. The molecule has 0 N–H and O–H groups in total. The summed E-state index contributed by atoms with van der Waals surface area (Å²) in [5.41, 5.74) is 3.11. The third-order valence-electron chi connectivity index (χ3n) is 6.52. The van der Waals surface area contributed by atoms with Crippen molar-refractivity contribution in [3.05, 3.63) is 59.2 Å². The van der Waals surface area contributed by atoms with Crippen molar-refractivity contribution in [2.24, 2.45) is 0 Å². The summed E-state index contributed by atoms with van der Waals surface area (Å²) in [5, 5.41) is 0. The smallest absolute Gasteiger partial charge is 0.253 e. The van der Waals surface area contributed by atoms with Gasteiger partial charge in [-0.1, -0.05) is 24.3 Å². The fourth-order valence-electron chi connectivity index (χ4n) is 4.89. The molecule has 3 aliphatic heterocycles. The summed E-state index contributed by atoms with van der Waals surface area (Å²) < 4.78 is 10.7. The quantitative estimate of drug-likeness (QED) is 0.749. The summed E-state index contributed by atoms with van der Waals surface area (Å²) in [5.74, 6) is 1.44. The maximum Gasteiger partial charge on any atom is 0.253 e. The van der Waals surface area contributed by atoms with E-state index in [1.54, 1.807) is 25.1 Å². The Morgan fingerprint density at radius 1 is 0.966 bits per heavy atom. The van der Waals surface area contributed by atoms with Crippen LogP contribution in [0.1, 0.15) is 41.3 Å². The molecule has 6 heteroatoms. The monoisotopic (exact) mass is 392 g/mol. The van der Waals surface area contributed by atoms with Gasteiger partial charge in [0.15, 0.2) is 11.5 Å². The average Bonchev–Trinajstić information content (AvgIpc) is 3.22. The molecule has 2 amide bonds. The molecular formula is C23H24N2O4. The zero-order chi connectivity index (χ0) is 20.0. The molecule has 0 atom stereocenters. The number of nitrogens with zero attached hydrogens (tertiary/aromatic N) is 2. The minimum absolute atomic E-state index is 0.0191. The molecule has 3 heterocycles. The van der Waals surface area contributed by atoms with Gasteiger partial charge in [-0.2, -0.15) is 0 Å². The van der Waals surface area contributed by atoms with Gasteiger partial charge in [0.25, 0.3) is 5.91 Å². The number of hydrogen-bond donors (Lipinski definition) is 0. The van der Waals surface area contributed by atoms with Crippen molar-refractivity contribution in [1.29, 1.82) is 0 Å². The highest BCUT2D eigenvalue weighted by Gasteiger charge is 2.43. The maximum absolute atomic E-state index is 13.1. The number of carbonyl (C=O) groups excluding carboxylic acids is 2. The number of fused-ring (bicyclic) bond motifs is 3. The summed E-state index contributed by atoms with van der Waals surface area (Å²) in [7, 11) is 0. The molecule has 2 aromatic carbocycles. The van der Waals surface area contributed by atoms with Crippen molar-refractivity contribution in [3.63, 3.8) is 0 Å². The van der Waals surface area contributed by atoms with Crippen LogP contribution in [0.5, 0.6) is 11.5 Å². The van der Waals surface area contributed by atoms with Gasteiger partial charge < -0.3 is 19.3 Å². The first-order valence-electron chi connectivity index (χ1n) is 10.1. The minimum atomic E-state index is -0.0772. The van der Waals surface area contributed by atoms with Crippen molar-refractivity contribution in [3.8, 4) is 11.5 Å². The summed E-state index contributed by atoms with van der Waals surface area (Å²) in [6.07, 6.45) is 1.70. The number of piperidine rings is 1. The lowest BCUT2D eigenvalue weighted by Crippen LogP contribution is -2.53. The van der Waals surface area contributed by atoms with E-state index in [1.807, 2.05) is 15.9 Å². The van der Waals surface area contributed by atoms with E-state index in [9.17, 15) is 9.59 Å². The van der Waals surface area contributed by atoms with Crippen LogP contribution in [0.3, 0.4) is 0 Å². The summed E-state index contributed by atoms with van der Waals surface area (Å²) in [6.45, 7) is 4.59. The van der Waals surface area contributed by atoms with Crippen LogP contribution < -0.4 is 9.47 Å². The van der Waals surface area contributed by atoms with Crippen LogP contribution in [0, 0.1) is 0 Å². The number of hydrogen-bond acceptors (Lipinski definition) is 4. The van der Waals surface area contributed by atoms with E-state index < -0.39 is 0 Å². The average molecular weight is 392 g/mol. The molecule has 150 valence electrons. The van der Waals surface area contributed by atoms with Gasteiger partial charge in [-0.3, -0.25) is 9.59 Å². The van der Waals surface area contributed by atoms with Crippen LogP contribution in [-0.4, -0.2) is 48.0 Å². The van der Waals surface area contributed by atoms with Gasteiger partial charge in [0.1, 0.15) is 0 Å². The lowest BCUT2D eigenvalue weighted by Gasteiger charge is -2.48. The Morgan fingerprint density at radius 2 is 1.72 bits per heavy atom. The number of carbonyl (C=O) groups is 2. The molecule has 0 saturated carbocycles. The van der Waals surface area contributed by atoms with Crippen molar-refractivity contribution >= 4 is 11.8 Å². The van der Waals surface area contributed by atoms with Crippen LogP contribution in [0.4, 0.5) is 0 Å². The first-order valence-corrected chi connectivity index (χ1v) is 10.1. The van der Waals surface area contributed by atoms with Crippen molar-refractivity contribution in [2.45, 2.75) is 31.7 Å². The molecule has 0 bridgehead atoms. The molecular weight excluding hydrogens is 368 g/mol. The normalized spacial score (nSPS) is 19.2. The predicted octanol–water partition coefficient (Wildman–Crippen LogP) is 2.95. The van der Waals surface area contributed by atoms with Gasteiger partial charge in [0.2, 0.25) is 12.7 Å². The molecule has 3 aliphatic rings. The molecule has 0 aromatic heterocycles. The van der Waals surface area contributed by atoms with E-state index in [-0.39, 0.29) is 24.0 Å². The Hall–Kier alpha value is -3.02. The molecule has 0 radical (unpaired) electrons. The van der Waals surface area contributed by atoms with E-state index >= 15 is 0 Å². The molecule has 0 aliphatic carbocycles.